The third-order valence-electron chi connectivity index (χ3n) is 2.71. The predicted octanol–water partition coefficient (Wildman–Crippen LogP) is 1.39. The van der Waals surface area contributed by atoms with Crippen molar-refractivity contribution in [2.24, 2.45) is 0 Å². The fourth-order valence-corrected chi connectivity index (χ4v) is 1.73. The van der Waals surface area contributed by atoms with Gasteiger partial charge in [-0.1, -0.05) is 12.1 Å². The molecule has 0 unspecified atom stereocenters. The molecule has 2 atom stereocenters. The first-order chi connectivity index (χ1) is 7.11. The van der Waals surface area contributed by atoms with Crippen molar-refractivity contribution in [3.8, 4) is 5.75 Å². The highest BCUT2D eigenvalue weighted by molar-refractivity contribution is 5.83. The van der Waals surface area contributed by atoms with Gasteiger partial charge in [-0.15, -0.1) is 0 Å². The number of carbonyl (C=O) groups is 1. The lowest BCUT2D eigenvalue weighted by molar-refractivity contribution is -0.143. The minimum atomic E-state index is -1.15. The Labute approximate surface area is 87.4 Å². The number of benzene rings is 1. The zero-order valence-electron chi connectivity index (χ0n) is 8.56. The molecule has 0 bridgehead atoms. The SMILES string of the molecule is COc1ccc([C@@]2(C(=O)O)O[C@H]2C)cc1. The molecule has 0 spiro atoms. The molecule has 15 heavy (non-hydrogen) atoms. The summed E-state index contributed by atoms with van der Waals surface area (Å²) in [4.78, 5) is 11.1. The van der Waals surface area contributed by atoms with Crippen LogP contribution in [-0.2, 0) is 15.1 Å². The van der Waals surface area contributed by atoms with Gasteiger partial charge in [-0.05, 0) is 24.6 Å². The summed E-state index contributed by atoms with van der Waals surface area (Å²) in [5.41, 5.74) is -0.491. The first-order valence-electron chi connectivity index (χ1n) is 4.67. The van der Waals surface area contributed by atoms with E-state index in [0.717, 1.165) is 0 Å². The van der Waals surface area contributed by atoms with E-state index in [9.17, 15) is 4.79 Å². The first kappa shape index (κ1) is 9.98. The molecule has 80 valence electrons. The van der Waals surface area contributed by atoms with E-state index in [1.165, 1.54) is 0 Å². The highest BCUT2D eigenvalue weighted by Crippen LogP contribution is 2.46. The van der Waals surface area contributed by atoms with Gasteiger partial charge in [-0.2, -0.15) is 0 Å². The second-order valence-electron chi connectivity index (χ2n) is 3.53. The van der Waals surface area contributed by atoms with Crippen LogP contribution >= 0.6 is 0 Å². The highest BCUT2D eigenvalue weighted by atomic mass is 16.6. The molecule has 1 aromatic rings. The Hall–Kier alpha value is -1.55. The van der Waals surface area contributed by atoms with Gasteiger partial charge in [-0.25, -0.2) is 4.79 Å². The number of carboxylic acid groups (broad SMARTS) is 1. The first-order valence-corrected chi connectivity index (χ1v) is 4.67. The molecule has 0 aliphatic carbocycles. The summed E-state index contributed by atoms with van der Waals surface area (Å²) in [6, 6.07) is 6.90. The molecular weight excluding hydrogens is 196 g/mol. The number of epoxide rings is 1. The van der Waals surface area contributed by atoms with E-state index >= 15 is 0 Å². The molecule has 0 aromatic heterocycles. The zero-order chi connectivity index (χ0) is 11.1. The average molecular weight is 208 g/mol. The van der Waals surface area contributed by atoms with Crippen molar-refractivity contribution in [1.82, 2.24) is 0 Å². The van der Waals surface area contributed by atoms with Gasteiger partial charge in [-0.3, -0.25) is 0 Å². The Morgan fingerprint density at radius 1 is 1.47 bits per heavy atom. The summed E-state index contributed by atoms with van der Waals surface area (Å²) >= 11 is 0. The van der Waals surface area contributed by atoms with Crippen LogP contribution in [0.4, 0.5) is 0 Å². The average Bonchev–Trinajstić information content (AvgIpc) is 2.92. The lowest BCUT2D eigenvalue weighted by Crippen LogP contribution is -2.23. The van der Waals surface area contributed by atoms with Gasteiger partial charge in [0.15, 0.2) is 0 Å². The predicted molar refractivity (Wildman–Crippen MR) is 52.9 cm³/mol. The van der Waals surface area contributed by atoms with Crippen LogP contribution in [0.2, 0.25) is 0 Å². The molecule has 4 nitrogen and oxygen atoms in total. The van der Waals surface area contributed by atoms with Crippen LogP contribution in [-0.4, -0.2) is 24.3 Å². The number of methoxy groups -OCH3 is 1. The Morgan fingerprint density at radius 3 is 2.33 bits per heavy atom. The van der Waals surface area contributed by atoms with Gasteiger partial charge in [0.1, 0.15) is 11.9 Å². The Morgan fingerprint density at radius 2 is 2.00 bits per heavy atom. The van der Waals surface area contributed by atoms with Gasteiger partial charge >= 0.3 is 5.97 Å². The maximum Gasteiger partial charge on any atom is 0.343 e. The second kappa shape index (κ2) is 3.24. The fourth-order valence-electron chi connectivity index (χ4n) is 1.73. The highest BCUT2D eigenvalue weighted by Gasteiger charge is 2.61. The lowest BCUT2D eigenvalue weighted by Gasteiger charge is -2.08. The monoisotopic (exact) mass is 208 g/mol. The van der Waals surface area contributed by atoms with Gasteiger partial charge in [0.05, 0.1) is 7.11 Å². The number of hydrogen-bond donors (Lipinski definition) is 1. The lowest BCUT2D eigenvalue weighted by atomic mass is 9.96. The molecule has 1 fully saturated rings. The van der Waals surface area contributed by atoms with E-state index in [0.29, 0.717) is 11.3 Å². The van der Waals surface area contributed by atoms with Gasteiger partial charge in [0.2, 0.25) is 5.60 Å². The summed E-state index contributed by atoms with van der Waals surface area (Å²) in [6.07, 6.45) is -0.275. The van der Waals surface area contributed by atoms with Gasteiger partial charge < -0.3 is 14.6 Å². The van der Waals surface area contributed by atoms with E-state index in [1.54, 1.807) is 38.3 Å². The van der Waals surface area contributed by atoms with Crippen molar-refractivity contribution in [3.05, 3.63) is 29.8 Å². The fraction of sp³-hybridized carbons (Fsp3) is 0.364. The van der Waals surface area contributed by atoms with Crippen LogP contribution in [0.25, 0.3) is 0 Å². The molecule has 2 rings (SSSR count). The maximum absolute atomic E-state index is 11.1. The van der Waals surface area contributed by atoms with E-state index < -0.39 is 11.6 Å². The van der Waals surface area contributed by atoms with E-state index in [-0.39, 0.29) is 6.10 Å². The summed E-state index contributed by atoms with van der Waals surface area (Å²) in [5, 5.41) is 9.10. The Kier molecular flexibility index (Phi) is 2.16. The van der Waals surface area contributed by atoms with Crippen molar-refractivity contribution in [3.63, 3.8) is 0 Å². The molecular formula is C11H12O4. The number of hydrogen-bond acceptors (Lipinski definition) is 3. The second-order valence-corrected chi connectivity index (χ2v) is 3.53. The smallest absolute Gasteiger partial charge is 0.343 e. The van der Waals surface area contributed by atoms with Crippen LogP contribution in [0.5, 0.6) is 5.75 Å². The topological polar surface area (TPSA) is 59.1 Å². The minimum absolute atomic E-state index is 0.275. The van der Waals surface area contributed by atoms with E-state index in [4.69, 9.17) is 14.6 Å². The molecule has 1 saturated heterocycles. The number of rotatable bonds is 3. The van der Waals surface area contributed by atoms with E-state index in [1.807, 2.05) is 0 Å². The summed E-state index contributed by atoms with van der Waals surface area (Å²) in [7, 11) is 1.57. The van der Waals surface area contributed by atoms with Gasteiger partial charge in [0, 0.05) is 0 Å². The van der Waals surface area contributed by atoms with Crippen LogP contribution < -0.4 is 4.74 Å². The third-order valence-corrected chi connectivity index (χ3v) is 2.71. The standard InChI is InChI=1S/C11H12O4/c1-7-11(15-7,10(12)13)8-3-5-9(14-2)6-4-8/h3-7H,1-2H3,(H,12,13)/t7-,11-/m0/s1. The largest absolute Gasteiger partial charge is 0.497 e. The zero-order valence-corrected chi connectivity index (χ0v) is 8.56. The quantitative estimate of drug-likeness (QED) is 0.762. The molecule has 1 aliphatic rings. The summed E-state index contributed by atoms with van der Waals surface area (Å²) < 4.78 is 10.2. The van der Waals surface area contributed by atoms with Crippen LogP contribution in [0.1, 0.15) is 12.5 Å². The number of ether oxygens (including phenoxy) is 2. The van der Waals surface area contributed by atoms with Gasteiger partial charge in [0.25, 0.3) is 0 Å². The minimum Gasteiger partial charge on any atom is -0.497 e. The summed E-state index contributed by atoms with van der Waals surface area (Å²) in [5.74, 6) is -0.243. The Balaban J connectivity index is 2.33. The van der Waals surface area contributed by atoms with Crippen LogP contribution in [0, 0.1) is 0 Å². The molecule has 1 heterocycles. The van der Waals surface area contributed by atoms with Crippen molar-refractivity contribution in [2.75, 3.05) is 7.11 Å². The molecule has 0 saturated carbocycles. The number of carboxylic acids is 1. The molecule has 1 N–H and O–H groups in total. The molecule has 0 radical (unpaired) electrons. The molecule has 4 heteroatoms. The third kappa shape index (κ3) is 1.37. The van der Waals surface area contributed by atoms with Crippen molar-refractivity contribution in [1.29, 1.82) is 0 Å². The normalized spacial score (nSPS) is 28.5. The van der Waals surface area contributed by atoms with Crippen LogP contribution in [0.15, 0.2) is 24.3 Å². The van der Waals surface area contributed by atoms with Crippen molar-refractivity contribution >= 4 is 5.97 Å². The number of aliphatic carboxylic acids is 1. The van der Waals surface area contributed by atoms with Crippen molar-refractivity contribution < 1.29 is 19.4 Å². The molecule has 1 aliphatic heterocycles. The molecule has 1 aromatic carbocycles. The Bertz CT molecular complexity index is 384. The molecule has 0 amide bonds. The maximum atomic E-state index is 11.1. The van der Waals surface area contributed by atoms with Crippen molar-refractivity contribution in [2.45, 2.75) is 18.6 Å². The summed E-state index contributed by atoms with van der Waals surface area (Å²) in [6.45, 7) is 1.75. The van der Waals surface area contributed by atoms with Crippen LogP contribution in [0.3, 0.4) is 0 Å². The van der Waals surface area contributed by atoms with E-state index in [2.05, 4.69) is 0 Å².